The number of nitrogens with two attached hydrogens (primary N) is 1. The number of hydrogen-bond donors (Lipinski definition) is 3. The standard InChI is InChI=1S/C27H30ClFIN9O2/c1-37-24-23(28)22(41-21(12-31)20-13-32-6-7-33-20)14-34-25(24)36-27(37)35-19-11-18(17-3-4-17)15-39(26(19)40)9-2-8-38-10-5-30(29)16-38/h6-7,11-15,17,31,33H,2-5,8-10,16H2,1H3,(H,34,35,36)/p+1/b21-20+,31-12?. The van der Waals surface area contributed by atoms with Gasteiger partial charge in [-0.1, -0.05) is 11.6 Å². The van der Waals surface area contributed by atoms with Crippen LogP contribution >= 0.6 is 32.0 Å². The van der Waals surface area contributed by atoms with E-state index < -0.39 is 20.4 Å². The van der Waals surface area contributed by atoms with Gasteiger partial charge in [-0.3, -0.25) is 10.3 Å². The first kappa shape index (κ1) is 28.0. The van der Waals surface area contributed by atoms with Crippen LogP contribution in [0.1, 0.15) is 30.7 Å². The summed E-state index contributed by atoms with van der Waals surface area (Å²) in [5.74, 6) is 1.42. The van der Waals surface area contributed by atoms with Crippen molar-refractivity contribution in [3.05, 3.63) is 63.3 Å². The van der Waals surface area contributed by atoms with Crippen molar-refractivity contribution in [2.45, 2.75) is 31.7 Å². The average molecular weight is 695 g/mol. The molecule has 0 aromatic carbocycles. The van der Waals surface area contributed by atoms with Crippen LogP contribution in [0.5, 0.6) is 5.75 Å². The molecule has 0 atom stereocenters. The van der Waals surface area contributed by atoms with Gasteiger partial charge in [-0.05, 0) is 0 Å². The number of hydrogen-bond acceptors (Lipinski definition) is 8. The zero-order valence-corrected chi connectivity index (χ0v) is 25.4. The molecule has 6 rings (SSSR count). The van der Waals surface area contributed by atoms with E-state index in [0.717, 1.165) is 48.6 Å². The molecule has 1 aliphatic carbocycles. The van der Waals surface area contributed by atoms with E-state index in [9.17, 15) is 7.65 Å². The Hall–Kier alpha value is -3.14. The minimum atomic E-state index is -2.21. The molecule has 1 saturated heterocycles. The number of imidazole rings is 1. The average Bonchev–Trinajstić information content (AvgIpc) is 3.67. The molecule has 0 bridgehead atoms. The fourth-order valence-corrected chi connectivity index (χ4v) is 8.49. The van der Waals surface area contributed by atoms with E-state index in [1.807, 2.05) is 12.3 Å². The van der Waals surface area contributed by atoms with E-state index in [1.165, 1.54) is 6.20 Å². The summed E-state index contributed by atoms with van der Waals surface area (Å²) >= 11 is 4.55. The van der Waals surface area contributed by atoms with Gasteiger partial charge in [0.2, 0.25) is 5.76 Å². The molecule has 11 nitrogen and oxygen atoms in total. The summed E-state index contributed by atoms with van der Waals surface area (Å²) < 4.78 is 24.5. The van der Waals surface area contributed by atoms with Crippen molar-refractivity contribution in [3.63, 3.8) is 0 Å². The minimum absolute atomic E-state index is 0.133. The zero-order chi connectivity index (χ0) is 28.5. The summed E-state index contributed by atoms with van der Waals surface area (Å²) in [6.45, 7) is 2.22. The van der Waals surface area contributed by atoms with Crippen LogP contribution in [0.25, 0.3) is 11.2 Å². The van der Waals surface area contributed by atoms with Gasteiger partial charge in [0.15, 0.2) is 11.4 Å². The van der Waals surface area contributed by atoms with Crippen molar-refractivity contribution >= 4 is 67.2 Å². The Morgan fingerprint density at radius 2 is 2.24 bits per heavy atom. The molecule has 4 N–H and O–H groups in total. The van der Waals surface area contributed by atoms with Crippen LogP contribution in [0.3, 0.4) is 0 Å². The SMILES string of the molecule is Cn1c(Nc2cc(C3CC3)cn(CCCN3CCI(F)C3)c2=O)nc2ncc(O/C(C=N)=C3\C=NC=C[NH2+]3)c(Cl)c21. The first-order valence-electron chi connectivity index (χ1n) is 13.4. The van der Waals surface area contributed by atoms with Gasteiger partial charge in [0, 0.05) is 0 Å². The molecule has 0 radical (unpaired) electrons. The molecular formula is C27H31ClFIN9O2+. The van der Waals surface area contributed by atoms with Crippen molar-refractivity contribution in [3.8, 4) is 5.75 Å². The number of aliphatic imine (C=N–C) groups is 1. The number of alkyl halides is 2. The Kier molecular flexibility index (Phi) is 8.19. The molecule has 0 unspecified atom stereocenters. The van der Waals surface area contributed by atoms with Crippen LogP contribution in [0, 0.1) is 5.41 Å². The van der Waals surface area contributed by atoms with E-state index in [1.54, 1.807) is 40.1 Å². The molecule has 2 fully saturated rings. The van der Waals surface area contributed by atoms with Crippen LogP contribution < -0.4 is 20.9 Å². The van der Waals surface area contributed by atoms with Gasteiger partial charge in [0.1, 0.15) is 11.2 Å². The number of pyridine rings is 2. The second-order valence-electron chi connectivity index (χ2n) is 10.2. The first-order chi connectivity index (χ1) is 19.9. The monoisotopic (exact) mass is 694 g/mol. The van der Waals surface area contributed by atoms with E-state index in [4.69, 9.17) is 21.7 Å². The van der Waals surface area contributed by atoms with Gasteiger partial charge in [-0.25, -0.2) is 4.98 Å². The smallest absolute Gasteiger partial charge is 0.446 e. The molecule has 3 aromatic heterocycles. The summed E-state index contributed by atoms with van der Waals surface area (Å²) in [5, 5.41) is 13.1. The fourth-order valence-electron chi connectivity index (χ4n) is 4.92. The van der Waals surface area contributed by atoms with Crippen molar-refractivity contribution in [2.75, 3.05) is 27.4 Å². The molecule has 5 heterocycles. The topological polar surface area (TPSA) is 130 Å². The third-order valence-corrected chi connectivity index (χ3v) is 11.0. The predicted molar refractivity (Wildman–Crippen MR) is 167 cm³/mol. The number of quaternary nitrogens is 1. The summed E-state index contributed by atoms with van der Waals surface area (Å²) in [4.78, 5) is 28.8. The number of nitrogens with zero attached hydrogens (tertiary/aromatic N) is 6. The Labute approximate surface area is 248 Å². The van der Waals surface area contributed by atoms with Gasteiger partial charge >= 0.3 is 159 Å². The Morgan fingerprint density at radius 3 is 2.95 bits per heavy atom. The van der Waals surface area contributed by atoms with E-state index in [2.05, 4.69) is 25.2 Å². The number of halogens is 3. The van der Waals surface area contributed by atoms with Gasteiger partial charge in [0.05, 0.1) is 24.8 Å². The molecule has 3 aromatic rings. The van der Waals surface area contributed by atoms with Crippen molar-refractivity contribution in [2.24, 2.45) is 12.0 Å². The molecule has 41 heavy (non-hydrogen) atoms. The molecular weight excluding hydrogens is 664 g/mol. The second kappa shape index (κ2) is 12.0. The molecule has 216 valence electrons. The third kappa shape index (κ3) is 6.08. The van der Waals surface area contributed by atoms with Gasteiger partial charge in [-0.2, -0.15) is 0 Å². The molecule has 0 spiro atoms. The molecule has 3 aliphatic rings. The Balaban J connectivity index is 1.26. The summed E-state index contributed by atoms with van der Waals surface area (Å²) in [6, 6.07) is 1.92. The maximum absolute atomic E-state index is 13.7. The quantitative estimate of drug-likeness (QED) is 0.0974. The fraction of sp³-hybridized carbons (Fsp3) is 0.370. The summed E-state index contributed by atoms with van der Waals surface area (Å²) in [5.41, 5.74) is 2.99. The first-order valence-corrected chi connectivity index (χ1v) is 17.6. The Bertz CT molecular complexity index is 1650. The normalized spacial score (nSPS) is 19.2. The number of ether oxygens (including phenoxy) is 1. The Morgan fingerprint density at radius 1 is 1.39 bits per heavy atom. The van der Waals surface area contributed by atoms with Crippen molar-refractivity contribution in [1.82, 2.24) is 24.0 Å². The number of nitrogens with one attached hydrogen (secondary N) is 2. The zero-order valence-electron chi connectivity index (χ0n) is 22.5. The van der Waals surface area contributed by atoms with Gasteiger partial charge < -0.3 is 10.1 Å². The molecule has 2 aliphatic heterocycles. The van der Waals surface area contributed by atoms with Crippen LogP contribution in [0.4, 0.5) is 14.5 Å². The van der Waals surface area contributed by atoms with Crippen molar-refractivity contribution < 1.29 is 12.9 Å². The van der Waals surface area contributed by atoms with Crippen LogP contribution in [0.2, 0.25) is 5.02 Å². The minimum Gasteiger partial charge on any atom is -0.446 e. The van der Waals surface area contributed by atoms with Gasteiger partial charge in [-0.15, -0.1) is 0 Å². The molecule has 1 saturated carbocycles. The second-order valence-corrected chi connectivity index (χ2v) is 14.6. The number of anilines is 2. The van der Waals surface area contributed by atoms with E-state index >= 15 is 0 Å². The summed E-state index contributed by atoms with van der Waals surface area (Å²) in [7, 11) is 1.79. The number of fused-ring (bicyclic) bond motifs is 1. The predicted octanol–water partition coefficient (Wildman–Crippen LogP) is 3.82. The van der Waals surface area contributed by atoms with Crippen molar-refractivity contribution in [1.29, 1.82) is 5.41 Å². The van der Waals surface area contributed by atoms with E-state index in [0.29, 0.717) is 45.5 Å². The number of rotatable bonds is 10. The van der Waals surface area contributed by atoms with Crippen LogP contribution in [-0.2, 0) is 13.6 Å². The molecule has 0 amide bonds. The van der Waals surface area contributed by atoms with E-state index in [-0.39, 0.29) is 22.1 Å². The van der Waals surface area contributed by atoms with Crippen LogP contribution in [0.15, 0.2) is 52.1 Å². The van der Waals surface area contributed by atoms with Crippen LogP contribution in [-0.4, -0.2) is 58.5 Å². The number of aryl methyl sites for hydroxylation is 2. The third-order valence-electron chi connectivity index (χ3n) is 7.28. The summed E-state index contributed by atoms with van der Waals surface area (Å²) in [6.07, 6.45) is 12.5. The van der Waals surface area contributed by atoms with Gasteiger partial charge in [0.25, 0.3) is 0 Å². The number of aromatic nitrogens is 4. The maximum atomic E-state index is 13.7. The number of allylic oxidation sites excluding steroid dienone is 2. The molecule has 14 heteroatoms.